The molecule has 26 heteroatoms. The Bertz CT molecular complexity index is 3230. The number of H-pyrrole nitrogens is 2. The van der Waals surface area contributed by atoms with Crippen LogP contribution in [-0.2, 0) is 40.9 Å². The number of nitrogens with zero attached hydrogens (tertiary/aromatic N) is 8. The van der Waals surface area contributed by atoms with Crippen molar-refractivity contribution in [3.63, 3.8) is 0 Å². The molecule has 2 N–H and O–H groups in total. The number of benzene rings is 4. The molecule has 0 radical (unpaired) electrons. The number of nitriles is 2. The minimum absolute atomic E-state index is 0.0221. The molecule has 4 aromatic carbocycles. The number of carbonyl (C=O) groups is 2. The summed E-state index contributed by atoms with van der Waals surface area (Å²) < 4.78 is 115. The molecule has 2 aromatic heterocycles. The Kier molecular flexibility index (Phi) is 16.2. The second-order valence-corrected chi connectivity index (χ2v) is 16.4. The van der Waals surface area contributed by atoms with Crippen LogP contribution in [0.2, 0.25) is 0 Å². The minimum atomic E-state index is -4.63. The van der Waals surface area contributed by atoms with Crippen LogP contribution in [0.3, 0.4) is 0 Å². The summed E-state index contributed by atoms with van der Waals surface area (Å²) in [5.41, 5.74) is -1.80. The van der Waals surface area contributed by atoms with Crippen LogP contribution >= 0.6 is 0 Å². The Morgan fingerprint density at radius 2 is 0.974 bits per heavy atom. The topological polar surface area (TPSA) is 245 Å². The standard InChI is InChI=1S/2C25H22F3N5O5/c2*1-14-20(22(34)37-3)21(18-8-7-15(13-29)11-19(18)38-10-9-36-2)33-23(30-31-24(33)35)32(14)17-6-4-5-16(12-17)25(26,27)28/h2*4-8,11-12,21H,9-10H2,1-3H3,(H,31,35)/t2*21-/m10/s1. The van der Waals surface area contributed by atoms with Crippen molar-refractivity contribution in [2.75, 3.05) is 64.7 Å². The zero-order valence-corrected chi connectivity index (χ0v) is 41.0. The number of halogens is 6. The van der Waals surface area contributed by atoms with E-state index in [0.29, 0.717) is 11.1 Å². The molecule has 4 heterocycles. The van der Waals surface area contributed by atoms with Crippen molar-refractivity contribution in [2.24, 2.45) is 0 Å². The fourth-order valence-corrected chi connectivity index (χ4v) is 8.54. The molecule has 2 aliphatic heterocycles. The Hall–Kier alpha value is -9.14. The third kappa shape index (κ3) is 10.8. The molecule has 0 amide bonds. The summed E-state index contributed by atoms with van der Waals surface area (Å²) in [6.07, 6.45) is -9.25. The fourth-order valence-electron chi connectivity index (χ4n) is 8.54. The van der Waals surface area contributed by atoms with Crippen molar-refractivity contribution in [2.45, 2.75) is 38.3 Å². The first-order chi connectivity index (χ1) is 36.2. The predicted molar refractivity (Wildman–Crippen MR) is 256 cm³/mol. The van der Waals surface area contributed by atoms with Gasteiger partial charge in [-0.2, -0.15) is 36.9 Å². The largest absolute Gasteiger partial charge is 0.491 e. The van der Waals surface area contributed by atoms with E-state index in [9.17, 15) is 56.0 Å². The Balaban J connectivity index is 0.000000221. The third-order valence-corrected chi connectivity index (χ3v) is 11.9. The van der Waals surface area contributed by atoms with E-state index in [2.05, 4.69) is 20.4 Å². The molecule has 2 aliphatic rings. The van der Waals surface area contributed by atoms with Crippen molar-refractivity contribution in [3.05, 3.63) is 162 Å². The fraction of sp³-hybridized carbons (Fsp3) is 0.280. The lowest BCUT2D eigenvalue weighted by Gasteiger charge is -2.36. The monoisotopic (exact) mass is 1060 g/mol. The SMILES string of the molecule is COCCOc1cc(C#N)ccc1[C@@H]1C(C(=O)OC)=C(C)N(c2cccc(C(F)(F)F)c2)c2n[nH]c(=O)n21.COCCOc1cc(C#N)ccc1[C@H]1C(C(=O)OC)=C(C)N(c2cccc(C(F)(F)F)c2)c2n[nH]c(=O)n21. The minimum Gasteiger partial charge on any atom is -0.491 e. The van der Waals surface area contributed by atoms with Crippen molar-refractivity contribution >= 4 is 35.2 Å². The number of esters is 2. The number of allylic oxidation sites excluding steroid dienone is 2. The summed E-state index contributed by atoms with van der Waals surface area (Å²) in [6.45, 7) is 3.67. The molecule has 76 heavy (non-hydrogen) atoms. The summed E-state index contributed by atoms with van der Waals surface area (Å²) in [6, 6.07) is 19.5. The zero-order chi connectivity index (χ0) is 55.2. The summed E-state index contributed by atoms with van der Waals surface area (Å²) in [5, 5.41) is 31.5. The Morgan fingerprint density at radius 1 is 0.592 bits per heavy atom. The van der Waals surface area contributed by atoms with Crippen LogP contribution in [0.4, 0.5) is 49.6 Å². The lowest BCUT2D eigenvalue weighted by molar-refractivity contribution is -0.138. The van der Waals surface area contributed by atoms with Gasteiger partial charge in [0.2, 0.25) is 11.9 Å². The van der Waals surface area contributed by atoms with E-state index >= 15 is 0 Å². The van der Waals surface area contributed by atoms with Crippen molar-refractivity contribution in [3.8, 4) is 23.6 Å². The van der Waals surface area contributed by atoms with E-state index in [0.717, 1.165) is 47.6 Å². The number of alkyl halides is 6. The highest BCUT2D eigenvalue weighted by atomic mass is 19.4. The second kappa shape index (κ2) is 22.5. The molecule has 0 spiro atoms. The molecule has 0 fully saturated rings. The number of rotatable bonds is 14. The van der Waals surface area contributed by atoms with Crippen LogP contribution in [0.25, 0.3) is 0 Å². The summed E-state index contributed by atoms with van der Waals surface area (Å²) in [4.78, 5) is 55.0. The highest BCUT2D eigenvalue weighted by Crippen LogP contribution is 2.47. The predicted octanol–water partition coefficient (Wildman–Crippen LogP) is 7.35. The number of ether oxygens (including phenoxy) is 6. The molecule has 6 aromatic rings. The van der Waals surface area contributed by atoms with Gasteiger partial charge in [-0.05, 0) is 74.5 Å². The average Bonchev–Trinajstić information content (AvgIpc) is 3.98. The number of fused-ring (bicyclic) bond motifs is 2. The van der Waals surface area contributed by atoms with E-state index in [1.165, 1.54) is 98.5 Å². The summed E-state index contributed by atoms with van der Waals surface area (Å²) in [7, 11) is 5.27. The van der Waals surface area contributed by atoms with Gasteiger partial charge in [0.25, 0.3) is 0 Å². The molecule has 0 bridgehead atoms. The lowest BCUT2D eigenvalue weighted by atomic mass is 9.93. The molecule has 0 saturated heterocycles. The summed E-state index contributed by atoms with van der Waals surface area (Å²) >= 11 is 0. The number of anilines is 4. The first-order valence-corrected chi connectivity index (χ1v) is 22.4. The molecule has 0 unspecified atom stereocenters. The smallest absolute Gasteiger partial charge is 0.416 e. The van der Waals surface area contributed by atoms with Crippen molar-refractivity contribution < 1.29 is 64.4 Å². The maximum absolute atomic E-state index is 13.5. The summed E-state index contributed by atoms with van der Waals surface area (Å²) in [5.74, 6) is -1.36. The van der Waals surface area contributed by atoms with Gasteiger partial charge < -0.3 is 28.4 Å². The van der Waals surface area contributed by atoms with Crippen LogP contribution in [0.1, 0.15) is 59.3 Å². The number of hydrogen-bond acceptors (Lipinski definition) is 16. The maximum atomic E-state index is 13.5. The molecule has 8 rings (SSSR count). The van der Waals surface area contributed by atoms with E-state index in [1.54, 1.807) is 0 Å². The maximum Gasteiger partial charge on any atom is 0.416 e. The number of nitrogens with one attached hydrogen (secondary N) is 2. The van der Waals surface area contributed by atoms with Gasteiger partial charge in [0.1, 0.15) is 36.8 Å². The lowest BCUT2D eigenvalue weighted by Crippen LogP contribution is -2.38. The van der Waals surface area contributed by atoms with E-state index < -0.39 is 58.9 Å². The average molecular weight is 1060 g/mol. The van der Waals surface area contributed by atoms with Gasteiger partial charge in [-0.25, -0.2) is 38.5 Å². The van der Waals surface area contributed by atoms with Crippen molar-refractivity contribution in [1.82, 2.24) is 29.5 Å². The van der Waals surface area contributed by atoms with E-state index in [-0.39, 0.29) is 94.9 Å². The van der Waals surface area contributed by atoms with Crippen LogP contribution in [0.5, 0.6) is 11.5 Å². The molecule has 20 nitrogen and oxygen atoms in total. The van der Waals surface area contributed by atoms with Gasteiger partial charge in [0.05, 0.1) is 73.0 Å². The van der Waals surface area contributed by atoms with Gasteiger partial charge in [0.15, 0.2) is 0 Å². The van der Waals surface area contributed by atoms with Gasteiger partial charge >= 0.3 is 35.7 Å². The number of methoxy groups -OCH3 is 4. The van der Waals surface area contributed by atoms with Crippen LogP contribution in [-0.4, -0.2) is 96.3 Å². The molecular weight excluding hydrogens is 1010 g/mol. The van der Waals surface area contributed by atoms with Gasteiger partial charge in [-0.1, -0.05) is 24.3 Å². The number of hydrogen-bond donors (Lipinski definition) is 2. The zero-order valence-electron chi connectivity index (χ0n) is 41.0. The number of aromatic nitrogens is 6. The van der Waals surface area contributed by atoms with Crippen LogP contribution < -0.4 is 30.7 Å². The Morgan fingerprint density at radius 3 is 1.30 bits per heavy atom. The Labute approximate surface area is 427 Å². The van der Waals surface area contributed by atoms with E-state index in [4.69, 9.17) is 28.4 Å². The quantitative estimate of drug-likeness (QED) is 0.0615. The van der Waals surface area contributed by atoms with Crippen LogP contribution in [0.15, 0.2) is 117 Å². The molecule has 396 valence electrons. The van der Waals surface area contributed by atoms with Gasteiger partial charge in [-0.15, -0.1) is 10.2 Å². The van der Waals surface area contributed by atoms with Gasteiger partial charge in [-0.3, -0.25) is 9.80 Å². The van der Waals surface area contributed by atoms with Gasteiger partial charge in [0, 0.05) is 48.1 Å². The molecule has 0 aliphatic carbocycles. The molecular formula is C50H44F6N10O10. The highest BCUT2D eigenvalue weighted by Gasteiger charge is 2.43. The van der Waals surface area contributed by atoms with Crippen molar-refractivity contribution in [1.29, 1.82) is 10.5 Å². The normalized spacial score (nSPS) is 15.2. The molecule has 2 atom stereocenters. The third-order valence-electron chi connectivity index (χ3n) is 11.9. The number of aromatic amines is 2. The van der Waals surface area contributed by atoms with E-state index in [1.807, 2.05) is 12.1 Å². The second-order valence-electron chi connectivity index (χ2n) is 16.4. The highest BCUT2D eigenvalue weighted by molar-refractivity contribution is 5.95. The molecule has 0 saturated carbocycles. The number of carbonyl (C=O) groups excluding carboxylic acids is 2. The van der Waals surface area contributed by atoms with Crippen LogP contribution in [0, 0.1) is 22.7 Å². The first kappa shape index (κ1) is 54.6. The first-order valence-electron chi connectivity index (χ1n) is 22.4.